The van der Waals surface area contributed by atoms with E-state index < -0.39 is 0 Å². The Balaban J connectivity index is 1.71. The van der Waals surface area contributed by atoms with Crippen molar-refractivity contribution < 1.29 is 9.26 Å². The summed E-state index contributed by atoms with van der Waals surface area (Å²) >= 11 is 0. The molecule has 0 aliphatic heterocycles. The van der Waals surface area contributed by atoms with Gasteiger partial charge < -0.3 is 14.6 Å². The molecule has 0 fully saturated rings. The van der Waals surface area contributed by atoms with E-state index >= 15 is 0 Å². The highest BCUT2D eigenvalue weighted by Gasteiger charge is 1.99. The molecule has 1 aromatic heterocycles. The van der Waals surface area contributed by atoms with E-state index in [4.69, 9.17) is 9.26 Å². The van der Waals surface area contributed by atoms with Crippen molar-refractivity contribution in [1.29, 1.82) is 0 Å². The van der Waals surface area contributed by atoms with Crippen molar-refractivity contribution >= 4 is 0 Å². The summed E-state index contributed by atoms with van der Waals surface area (Å²) in [6.45, 7) is 3.55. The summed E-state index contributed by atoms with van der Waals surface area (Å²) in [6.07, 6.45) is 0.983. The summed E-state index contributed by atoms with van der Waals surface area (Å²) in [6, 6.07) is 10.1. The summed E-state index contributed by atoms with van der Waals surface area (Å²) < 4.78 is 10.2. The SMILES string of the molecule is COc1ccc(CCNCc2cc(C)no2)cc1. The summed E-state index contributed by atoms with van der Waals surface area (Å²) in [5.74, 6) is 1.77. The van der Waals surface area contributed by atoms with Crippen LogP contribution in [0.3, 0.4) is 0 Å². The lowest BCUT2D eigenvalue weighted by atomic mass is 10.1. The van der Waals surface area contributed by atoms with Gasteiger partial charge >= 0.3 is 0 Å². The largest absolute Gasteiger partial charge is 0.497 e. The third-order valence-corrected chi connectivity index (χ3v) is 2.73. The van der Waals surface area contributed by atoms with Gasteiger partial charge in [-0.1, -0.05) is 17.3 Å². The van der Waals surface area contributed by atoms with Gasteiger partial charge in [-0.2, -0.15) is 0 Å². The van der Waals surface area contributed by atoms with Crippen LogP contribution >= 0.6 is 0 Å². The lowest BCUT2D eigenvalue weighted by Crippen LogP contribution is -2.16. The van der Waals surface area contributed by atoms with Gasteiger partial charge in [0.2, 0.25) is 0 Å². The van der Waals surface area contributed by atoms with Gasteiger partial charge in [-0.25, -0.2) is 0 Å². The van der Waals surface area contributed by atoms with E-state index in [9.17, 15) is 0 Å². The zero-order valence-electron chi connectivity index (χ0n) is 10.8. The second kappa shape index (κ2) is 6.21. The average molecular weight is 246 g/mol. The van der Waals surface area contributed by atoms with Crippen LogP contribution in [0.4, 0.5) is 0 Å². The zero-order valence-corrected chi connectivity index (χ0v) is 10.8. The first-order valence-electron chi connectivity index (χ1n) is 6.04. The van der Waals surface area contributed by atoms with Crippen LogP contribution in [-0.2, 0) is 13.0 Å². The molecule has 0 amide bonds. The van der Waals surface area contributed by atoms with E-state index in [1.807, 2.05) is 25.1 Å². The molecule has 0 atom stereocenters. The molecule has 4 nitrogen and oxygen atoms in total. The Hall–Kier alpha value is -1.81. The third kappa shape index (κ3) is 3.60. The third-order valence-electron chi connectivity index (χ3n) is 2.73. The number of hydrogen-bond acceptors (Lipinski definition) is 4. The van der Waals surface area contributed by atoms with E-state index in [1.54, 1.807) is 7.11 Å². The van der Waals surface area contributed by atoms with Crippen LogP contribution in [0.1, 0.15) is 17.0 Å². The molecule has 18 heavy (non-hydrogen) atoms. The number of hydrogen-bond donors (Lipinski definition) is 1. The Kier molecular flexibility index (Phi) is 4.36. The molecule has 4 heteroatoms. The fourth-order valence-electron chi connectivity index (χ4n) is 1.74. The molecule has 2 aromatic rings. The number of methoxy groups -OCH3 is 1. The Morgan fingerprint density at radius 3 is 2.67 bits per heavy atom. The monoisotopic (exact) mass is 246 g/mol. The molecule has 1 heterocycles. The van der Waals surface area contributed by atoms with E-state index in [-0.39, 0.29) is 0 Å². The van der Waals surface area contributed by atoms with Gasteiger partial charge in [0.25, 0.3) is 0 Å². The van der Waals surface area contributed by atoms with Crippen molar-refractivity contribution in [3.8, 4) is 5.75 Å². The minimum atomic E-state index is 0.719. The van der Waals surface area contributed by atoms with E-state index in [0.717, 1.165) is 36.7 Å². The van der Waals surface area contributed by atoms with Gasteiger partial charge in [-0.05, 0) is 37.6 Å². The molecule has 0 aliphatic rings. The maximum absolute atomic E-state index is 5.12. The highest BCUT2D eigenvalue weighted by Crippen LogP contribution is 2.11. The van der Waals surface area contributed by atoms with Gasteiger partial charge in [-0.3, -0.25) is 0 Å². The van der Waals surface area contributed by atoms with Crippen molar-refractivity contribution in [2.75, 3.05) is 13.7 Å². The summed E-state index contributed by atoms with van der Waals surface area (Å²) in [7, 11) is 1.68. The molecule has 1 N–H and O–H groups in total. The highest BCUT2D eigenvalue weighted by molar-refractivity contribution is 5.27. The maximum atomic E-state index is 5.12. The maximum Gasteiger partial charge on any atom is 0.150 e. The highest BCUT2D eigenvalue weighted by atomic mass is 16.5. The smallest absolute Gasteiger partial charge is 0.150 e. The van der Waals surface area contributed by atoms with Crippen LogP contribution < -0.4 is 10.1 Å². The van der Waals surface area contributed by atoms with Crippen molar-refractivity contribution in [2.45, 2.75) is 19.9 Å². The van der Waals surface area contributed by atoms with Gasteiger partial charge in [0.15, 0.2) is 5.76 Å². The first-order chi connectivity index (χ1) is 8.78. The second-order valence-corrected chi connectivity index (χ2v) is 4.21. The van der Waals surface area contributed by atoms with E-state index in [0.29, 0.717) is 0 Å². The topological polar surface area (TPSA) is 47.3 Å². The van der Waals surface area contributed by atoms with E-state index in [1.165, 1.54) is 5.56 Å². The van der Waals surface area contributed by atoms with E-state index in [2.05, 4.69) is 22.6 Å². The summed E-state index contributed by atoms with van der Waals surface area (Å²) in [4.78, 5) is 0. The van der Waals surface area contributed by atoms with Crippen LogP contribution in [0.2, 0.25) is 0 Å². The van der Waals surface area contributed by atoms with Crippen molar-refractivity contribution in [1.82, 2.24) is 10.5 Å². The Bertz CT molecular complexity index is 477. The Labute approximate surface area is 107 Å². The van der Waals surface area contributed by atoms with Gasteiger partial charge in [-0.15, -0.1) is 0 Å². The molecule has 96 valence electrons. The fraction of sp³-hybridized carbons (Fsp3) is 0.357. The van der Waals surface area contributed by atoms with Crippen LogP contribution in [-0.4, -0.2) is 18.8 Å². The molecular weight excluding hydrogens is 228 g/mol. The predicted molar refractivity (Wildman–Crippen MR) is 69.6 cm³/mol. The Morgan fingerprint density at radius 1 is 1.28 bits per heavy atom. The number of benzene rings is 1. The normalized spacial score (nSPS) is 10.6. The fourth-order valence-corrected chi connectivity index (χ4v) is 1.74. The second-order valence-electron chi connectivity index (χ2n) is 4.21. The molecule has 1 aromatic carbocycles. The lowest BCUT2D eigenvalue weighted by Gasteiger charge is -2.04. The standard InChI is InChI=1S/C14H18N2O2/c1-11-9-14(18-16-11)10-15-8-7-12-3-5-13(17-2)6-4-12/h3-6,9,15H,7-8,10H2,1-2H3. The predicted octanol–water partition coefficient (Wildman–Crippen LogP) is 2.32. The number of rotatable bonds is 6. The zero-order chi connectivity index (χ0) is 12.8. The number of aromatic nitrogens is 1. The van der Waals surface area contributed by atoms with Crippen LogP contribution in [0, 0.1) is 6.92 Å². The van der Waals surface area contributed by atoms with Crippen LogP contribution in [0.25, 0.3) is 0 Å². The minimum Gasteiger partial charge on any atom is -0.497 e. The molecular formula is C14H18N2O2. The van der Waals surface area contributed by atoms with Gasteiger partial charge in [0, 0.05) is 6.07 Å². The molecule has 0 radical (unpaired) electrons. The first-order valence-corrected chi connectivity index (χ1v) is 6.04. The summed E-state index contributed by atoms with van der Waals surface area (Å²) in [5.41, 5.74) is 2.21. The molecule has 0 spiro atoms. The Morgan fingerprint density at radius 2 is 2.06 bits per heavy atom. The molecule has 2 rings (SSSR count). The van der Waals surface area contributed by atoms with Gasteiger partial charge in [0.1, 0.15) is 5.75 Å². The quantitative estimate of drug-likeness (QED) is 0.795. The minimum absolute atomic E-state index is 0.719. The first kappa shape index (κ1) is 12.6. The molecule has 0 aliphatic carbocycles. The summed E-state index contributed by atoms with van der Waals surface area (Å²) in [5, 5.41) is 7.17. The van der Waals surface area contributed by atoms with Crippen LogP contribution in [0.15, 0.2) is 34.9 Å². The van der Waals surface area contributed by atoms with Crippen molar-refractivity contribution in [3.05, 3.63) is 47.3 Å². The van der Waals surface area contributed by atoms with Crippen molar-refractivity contribution in [3.63, 3.8) is 0 Å². The molecule has 0 unspecified atom stereocenters. The lowest BCUT2D eigenvalue weighted by molar-refractivity contribution is 0.370. The molecule has 0 saturated carbocycles. The number of nitrogens with one attached hydrogen (secondary N) is 1. The van der Waals surface area contributed by atoms with Crippen LogP contribution in [0.5, 0.6) is 5.75 Å². The van der Waals surface area contributed by atoms with Crippen molar-refractivity contribution in [2.24, 2.45) is 0 Å². The number of ether oxygens (including phenoxy) is 1. The molecule has 0 bridgehead atoms. The number of aryl methyl sites for hydroxylation is 1. The number of nitrogens with zero attached hydrogens (tertiary/aromatic N) is 1. The average Bonchev–Trinajstić information content (AvgIpc) is 2.81. The molecule has 0 saturated heterocycles. The van der Waals surface area contributed by atoms with Gasteiger partial charge in [0.05, 0.1) is 19.3 Å².